The average molecular weight is 485 g/mol. The average Bonchev–Trinajstić information content (AvgIpc) is 3.19. The molecule has 0 saturated carbocycles. The highest BCUT2D eigenvalue weighted by atomic mass is 16.6. The molecule has 0 atom stereocenters. The van der Waals surface area contributed by atoms with Crippen molar-refractivity contribution in [3.63, 3.8) is 0 Å². The molecule has 2 aliphatic rings. The van der Waals surface area contributed by atoms with E-state index in [4.69, 9.17) is 4.74 Å². The molecule has 0 aromatic heterocycles. The number of rotatable bonds is 5. The summed E-state index contributed by atoms with van der Waals surface area (Å²) in [5, 5.41) is 14.7. The van der Waals surface area contributed by atoms with Crippen molar-refractivity contribution in [2.45, 2.75) is 6.92 Å². The SMILES string of the molecule is CC(=O)N1C(=O)/C(=C(\Nc2ccc(N3CCOCC3)cc2)c2ccccc2)c2ccc([N+](=O)[O-])cc21. The van der Waals surface area contributed by atoms with Crippen molar-refractivity contribution >= 4 is 45.8 Å². The summed E-state index contributed by atoms with van der Waals surface area (Å²) >= 11 is 0. The minimum atomic E-state index is -0.544. The van der Waals surface area contributed by atoms with Gasteiger partial charge < -0.3 is 15.0 Å². The Hall–Kier alpha value is -4.50. The topological polar surface area (TPSA) is 105 Å². The van der Waals surface area contributed by atoms with Gasteiger partial charge in [-0.05, 0) is 35.9 Å². The Bertz CT molecular complexity index is 1360. The van der Waals surface area contributed by atoms with Crippen LogP contribution >= 0.6 is 0 Å². The fraction of sp³-hybridized carbons (Fsp3) is 0.185. The normalized spacial score (nSPS) is 16.5. The summed E-state index contributed by atoms with van der Waals surface area (Å²) in [6.07, 6.45) is 0. The fourth-order valence-electron chi connectivity index (χ4n) is 4.53. The number of morpholine rings is 1. The van der Waals surface area contributed by atoms with E-state index in [0.717, 1.165) is 34.9 Å². The molecule has 0 spiro atoms. The van der Waals surface area contributed by atoms with Crippen LogP contribution < -0.4 is 15.1 Å². The number of nitrogens with one attached hydrogen (secondary N) is 1. The third-order valence-electron chi connectivity index (χ3n) is 6.26. The first-order valence-electron chi connectivity index (χ1n) is 11.6. The van der Waals surface area contributed by atoms with Gasteiger partial charge in [0.2, 0.25) is 5.91 Å². The molecule has 182 valence electrons. The molecule has 5 rings (SSSR count). The highest BCUT2D eigenvalue weighted by molar-refractivity contribution is 6.43. The Labute approximate surface area is 207 Å². The number of carbonyl (C=O) groups excluding carboxylic acids is 2. The monoisotopic (exact) mass is 484 g/mol. The van der Waals surface area contributed by atoms with E-state index in [1.165, 1.54) is 25.1 Å². The number of hydrogen-bond donors (Lipinski definition) is 1. The number of nitro benzene ring substituents is 1. The lowest BCUT2D eigenvalue weighted by atomic mass is 9.99. The van der Waals surface area contributed by atoms with Crippen LogP contribution in [0.1, 0.15) is 18.1 Å². The zero-order valence-corrected chi connectivity index (χ0v) is 19.6. The fourth-order valence-corrected chi connectivity index (χ4v) is 4.53. The Balaban J connectivity index is 1.61. The van der Waals surface area contributed by atoms with Gasteiger partial charge in [0.25, 0.3) is 11.6 Å². The summed E-state index contributed by atoms with van der Waals surface area (Å²) in [5.74, 6) is -1.05. The Morgan fingerprint density at radius 1 is 1.00 bits per heavy atom. The van der Waals surface area contributed by atoms with Gasteiger partial charge in [-0.2, -0.15) is 0 Å². The van der Waals surface area contributed by atoms with Crippen LogP contribution in [0, 0.1) is 10.1 Å². The molecule has 2 amide bonds. The Morgan fingerprint density at radius 3 is 2.33 bits per heavy atom. The summed E-state index contributed by atoms with van der Waals surface area (Å²) in [6, 6.07) is 21.4. The summed E-state index contributed by atoms with van der Waals surface area (Å²) in [4.78, 5) is 40.1. The van der Waals surface area contributed by atoms with Crippen molar-refractivity contribution in [2.24, 2.45) is 0 Å². The maximum absolute atomic E-state index is 13.6. The van der Waals surface area contributed by atoms with Gasteiger partial charge in [0.05, 0.1) is 35.1 Å². The van der Waals surface area contributed by atoms with Crippen molar-refractivity contribution < 1.29 is 19.2 Å². The van der Waals surface area contributed by atoms with Crippen molar-refractivity contribution in [1.82, 2.24) is 0 Å². The van der Waals surface area contributed by atoms with Gasteiger partial charge in [0, 0.05) is 49.1 Å². The number of fused-ring (bicyclic) bond motifs is 1. The van der Waals surface area contributed by atoms with Crippen LogP contribution in [0.25, 0.3) is 11.3 Å². The lowest BCUT2D eigenvalue weighted by Crippen LogP contribution is -2.36. The third kappa shape index (κ3) is 4.32. The second-order valence-corrected chi connectivity index (χ2v) is 8.51. The van der Waals surface area contributed by atoms with Crippen molar-refractivity contribution in [1.29, 1.82) is 0 Å². The standard InChI is InChI=1S/C27H24N4O5/c1-18(32)30-24-17-22(31(34)35)11-12-23(24)25(27(30)33)26(19-5-3-2-4-6-19)28-20-7-9-21(10-8-20)29-13-15-36-16-14-29/h2-12,17,28H,13-16H2,1H3/b26-25-. The minimum absolute atomic E-state index is 0.193. The minimum Gasteiger partial charge on any atom is -0.378 e. The summed E-state index contributed by atoms with van der Waals surface area (Å²) in [7, 11) is 0. The molecule has 2 aliphatic heterocycles. The number of non-ortho nitro benzene ring substituents is 1. The van der Waals surface area contributed by atoms with Gasteiger partial charge >= 0.3 is 0 Å². The van der Waals surface area contributed by atoms with Gasteiger partial charge in [-0.15, -0.1) is 0 Å². The lowest BCUT2D eigenvalue weighted by molar-refractivity contribution is -0.384. The first-order valence-corrected chi connectivity index (χ1v) is 11.6. The van der Waals surface area contributed by atoms with Crippen LogP contribution in [0.15, 0.2) is 72.8 Å². The van der Waals surface area contributed by atoms with E-state index in [-0.39, 0.29) is 16.9 Å². The Morgan fingerprint density at radius 2 is 1.69 bits per heavy atom. The largest absolute Gasteiger partial charge is 0.378 e. The maximum atomic E-state index is 13.6. The molecule has 1 N–H and O–H groups in total. The van der Waals surface area contributed by atoms with Crippen molar-refractivity contribution in [3.05, 3.63) is 94.0 Å². The maximum Gasteiger partial charge on any atom is 0.271 e. The molecule has 1 fully saturated rings. The van der Waals surface area contributed by atoms with Crippen molar-refractivity contribution in [2.75, 3.05) is 41.4 Å². The van der Waals surface area contributed by atoms with E-state index in [1.807, 2.05) is 54.6 Å². The van der Waals surface area contributed by atoms with Crippen LogP contribution in [-0.4, -0.2) is 43.0 Å². The summed E-state index contributed by atoms with van der Waals surface area (Å²) in [6.45, 7) is 4.30. The van der Waals surface area contributed by atoms with E-state index in [9.17, 15) is 19.7 Å². The van der Waals surface area contributed by atoms with Crippen LogP contribution in [0.5, 0.6) is 0 Å². The van der Waals surface area contributed by atoms with Crippen LogP contribution in [0.4, 0.5) is 22.7 Å². The molecular formula is C27H24N4O5. The van der Waals surface area contributed by atoms with Crippen LogP contribution in [-0.2, 0) is 14.3 Å². The van der Waals surface area contributed by atoms with Gasteiger partial charge in [0.1, 0.15) is 0 Å². The number of benzene rings is 3. The molecule has 3 aromatic carbocycles. The van der Waals surface area contributed by atoms with E-state index < -0.39 is 16.7 Å². The zero-order valence-electron chi connectivity index (χ0n) is 19.6. The molecule has 0 radical (unpaired) electrons. The van der Waals surface area contributed by atoms with Gasteiger partial charge in [-0.3, -0.25) is 19.7 Å². The zero-order chi connectivity index (χ0) is 25.2. The molecule has 1 saturated heterocycles. The molecule has 0 aliphatic carbocycles. The van der Waals surface area contributed by atoms with Crippen LogP contribution in [0.2, 0.25) is 0 Å². The summed E-state index contributed by atoms with van der Waals surface area (Å²) in [5.41, 5.74) is 3.84. The third-order valence-corrected chi connectivity index (χ3v) is 6.26. The molecule has 3 aromatic rings. The van der Waals surface area contributed by atoms with Gasteiger partial charge in [0.15, 0.2) is 0 Å². The molecule has 0 bridgehead atoms. The molecule has 0 unspecified atom stereocenters. The highest BCUT2D eigenvalue weighted by Gasteiger charge is 2.38. The number of hydrogen-bond acceptors (Lipinski definition) is 7. The predicted molar refractivity (Wildman–Crippen MR) is 138 cm³/mol. The molecule has 2 heterocycles. The molecule has 9 nitrogen and oxygen atoms in total. The number of anilines is 3. The second kappa shape index (κ2) is 9.63. The molecule has 36 heavy (non-hydrogen) atoms. The van der Waals surface area contributed by atoms with Gasteiger partial charge in [-0.25, -0.2) is 4.90 Å². The summed E-state index contributed by atoms with van der Waals surface area (Å²) < 4.78 is 5.43. The second-order valence-electron chi connectivity index (χ2n) is 8.51. The predicted octanol–water partition coefficient (Wildman–Crippen LogP) is 4.30. The van der Waals surface area contributed by atoms with E-state index in [0.29, 0.717) is 24.5 Å². The van der Waals surface area contributed by atoms with E-state index in [2.05, 4.69) is 10.2 Å². The smallest absolute Gasteiger partial charge is 0.271 e. The molecular weight excluding hydrogens is 460 g/mol. The quantitative estimate of drug-likeness (QED) is 0.327. The number of ether oxygens (including phenoxy) is 1. The van der Waals surface area contributed by atoms with E-state index in [1.54, 1.807) is 0 Å². The van der Waals surface area contributed by atoms with Gasteiger partial charge in [-0.1, -0.05) is 30.3 Å². The van der Waals surface area contributed by atoms with E-state index >= 15 is 0 Å². The first kappa shape index (κ1) is 23.3. The lowest BCUT2D eigenvalue weighted by Gasteiger charge is -2.29. The van der Waals surface area contributed by atoms with Crippen molar-refractivity contribution in [3.8, 4) is 0 Å². The number of nitrogens with zero attached hydrogens (tertiary/aromatic N) is 3. The number of amides is 2. The highest BCUT2D eigenvalue weighted by Crippen LogP contribution is 2.43. The number of carbonyl (C=O) groups is 2. The molecule has 9 heteroatoms. The number of nitro groups is 1. The van der Waals surface area contributed by atoms with Crippen LogP contribution in [0.3, 0.4) is 0 Å². The first-order chi connectivity index (χ1) is 17.4. The Kier molecular flexibility index (Phi) is 6.22. The number of imide groups is 1.